The van der Waals surface area contributed by atoms with Gasteiger partial charge in [-0.05, 0) is 43.8 Å². The van der Waals surface area contributed by atoms with Gasteiger partial charge < -0.3 is 20.3 Å². The Balaban J connectivity index is 1.84. The summed E-state index contributed by atoms with van der Waals surface area (Å²) in [4.78, 5) is 11.6. The van der Waals surface area contributed by atoms with Crippen LogP contribution in [0.2, 0.25) is 0 Å². The van der Waals surface area contributed by atoms with Crippen molar-refractivity contribution < 1.29 is 14.1 Å². The van der Waals surface area contributed by atoms with E-state index >= 15 is 0 Å². The van der Waals surface area contributed by atoms with Gasteiger partial charge in [0.15, 0.2) is 0 Å². The molecule has 1 amide bonds. The first-order valence-electron chi connectivity index (χ1n) is 9.37. The van der Waals surface area contributed by atoms with Crippen molar-refractivity contribution in [1.82, 2.24) is 10.5 Å². The standard InChI is InChI=1S/C19H29N3O3/c1-4-14(5-2)24-18-9-13(8-15(20)19(18)21-11(3)23)16-10-17(25-22-16)12-6-7-12/h9-10,12,14-15,18-19H,4-8,20H2,1-3H3,(H,21,23)/t15-,18+,19+/m0/s1. The smallest absolute Gasteiger partial charge is 0.217 e. The molecule has 3 atom stereocenters. The van der Waals surface area contributed by atoms with Gasteiger partial charge in [0.25, 0.3) is 0 Å². The van der Waals surface area contributed by atoms with Gasteiger partial charge in [-0.3, -0.25) is 4.79 Å². The summed E-state index contributed by atoms with van der Waals surface area (Å²) in [5.41, 5.74) is 8.28. The molecule has 138 valence electrons. The summed E-state index contributed by atoms with van der Waals surface area (Å²) in [5.74, 6) is 1.40. The molecule has 1 aromatic rings. The van der Waals surface area contributed by atoms with Crippen LogP contribution in [0.25, 0.3) is 5.57 Å². The van der Waals surface area contributed by atoms with E-state index in [0.29, 0.717) is 12.3 Å². The summed E-state index contributed by atoms with van der Waals surface area (Å²) < 4.78 is 11.7. The zero-order valence-electron chi connectivity index (χ0n) is 15.3. The fraction of sp³-hybridized carbons (Fsp3) is 0.684. The topological polar surface area (TPSA) is 90.4 Å². The van der Waals surface area contributed by atoms with Crippen molar-refractivity contribution in [2.24, 2.45) is 5.73 Å². The summed E-state index contributed by atoms with van der Waals surface area (Å²) >= 11 is 0. The Hall–Kier alpha value is -1.66. The zero-order chi connectivity index (χ0) is 18.0. The number of amides is 1. The van der Waals surface area contributed by atoms with Gasteiger partial charge in [0.2, 0.25) is 5.91 Å². The molecule has 3 N–H and O–H groups in total. The summed E-state index contributed by atoms with van der Waals surface area (Å²) in [5, 5.41) is 7.20. The van der Waals surface area contributed by atoms with Gasteiger partial charge in [0, 0.05) is 24.9 Å². The maximum Gasteiger partial charge on any atom is 0.217 e. The van der Waals surface area contributed by atoms with Crippen molar-refractivity contribution in [2.75, 3.05) is 0 Å². The lowest BCUT2D eigenvalue weighted by Gasteiger charge is -2.36. The second kappa shape index (κ2) is 7.70. The zero-order valence-corrected chi connectivity index (χ0v) is 15.3. The average Bonchev–Trinajstić information content (AvgIpc) is 3.32. The molecule has 6 heteroatoms. The van der Waals surface area contributed by atoms with E-state index in [1.54, 1.807) is 0 Å². The fourth-order valence-corrected chi connectivity index (χ4v) is 3.44. The van der Waals surface area contributed by atoms with Crippen molar-refractivity contribution in [3.8, 4) is 0 Å². The summed E-state index contributed by atoms with van der Waals surface area (Å²) in [7, 11) is 0. The SMILES string of the molecule is CCC(CC)O[C@@H]1C=C(c2cc(C3CC3)on2)C[C@H](N)[C@H]1NC(C)=O. The van der Waals surface area contributed by atoms with E-state index in [9.17, 15) is 4.79 Å². The number of rotatable bonds is 7. The predicted molar refractivity (Wildman–Crippen MR) is 95.9 cm³/mol. The van der Waals surface area contributed by atoms with Crippen LogP contribution in [0.3, 0.4) is 0 Å². The molecule has 0 aromatic carbocycles. The van der Waals surface area contributed by atoms with E-state index in [4.69, 9.17) is 15.0 Å². The van der Waals surface area contributed by atoms with E-state index in [1.807, 2.05) is 6.07 Å². The molecule has 1 fully saturated rings. The van der Waals surface area contributed by atoms with E-state index in [-0.39, 0.29) is 30.2 Å². The number of ether oxygens (including phenoxy) is 1. The minimum absolute atomic E-state index is 0.0899. The van der Waals surface area contributed by atoms with Crippen molar-refractivity contribution in [1.29, 1.82) is 0 Å². The third kappa shape index (κ3) is 4.30. The van der Waals surface area contributed by atoms with Crippen molar-refractivity contribution in [2.45, 2.75) is 83.1 Å². The molecule has 0 spiro atoms. The van der Waals surface area contributed by atoms with Gasteiger partial charge in [0.1, 0.15) is 11.5 Å². The molecule has 0 unspecified atom stereocenters. The minimum atomic E-state index is -0.256. The Labute approximate surface area is 149 Å². The number of carbonyl (C=O) groups excluding carboxylic acids is 1. The first kappa shape index (κ1) is 18.1. The highest BCUT2D eigenvalue weighted by atomic mass is 16.5. The molecule has 1 heterocycles. The molecular weight excluding hydrogens is 318 g/mol. The van der Waals surface area contributed by atoms with Gasteiger partial charge in [0.05, 0.1) is 18.2 Å². The van der Waals surface area contributed by atoms with E-state index < -0.39 is 0 Å². The van der Waals surface area contributed by atoms with Crippen LogP contribution in [-0.4, -0.2) is 35.4 Å². The number of carbonyl (C=O) groups is 1. The quantitative estimate of drug-likeness (QED) is 0.791. The maximum atomic E-state index is 11.6. The number of nitrogens with zero attached hydrogens (tertiary/aromatic N) is 1. The maximum absolute atomic E-state index is 11.6. The molecule has 0 bridgehead atoms. The molecule has 3 rings (SSSR count). The molecule has 25 heavy (non-hydrogen) atoms. The van der Waals surface area contributed by atoms with Crippen LogP contribution in [-0.2, 0) is 9.53 Å². The first-order valence-corrected chi connectivity index (χ1v) is 9.37. The van der Waals surface area contributed by atoms with Crippen LogP contribution in [0.15, 0.2) is 16.7 Å². The Kier molecular flexibility index (Phi) is 5.59. The van der Waals surface area contributed by atoms with Crippen molar-refractivity contribution >= 4 is 11.5 Å². The predicted octanol–water partition coefficient (Wildman–Crippen LogP) is 2.74. The van der Waals surface area contributed by atoms with Gasteiger partial charge >= 0.3 is 0 Å². The molecule has 0 radical (unpaired) electrons. The monoisotopic (exact) mass is 347 g/mol. The number of hydrogen-bond acceptors (Lipinski definition) is 5. The van der Waals surface area contributed by atoms with Gasteiger partial charge in [-0.1, -0.05) is 19.0 Å². The third-order valence-electron chi connectivity index (χ3n) is 5.10. The number of nitrogens with one attached hydrogen (secondary N) is 1. The molecule has 0 saturated heterocycles. The van der Waals surface area contributed by atoms with Gasteiger partial charge in [-0.15, -0.1) is 0 Å². The molecule has 6 nitrogen and oxygen atoms in total. The van der Waals surface area contributed by atoms with Gasteiger partial charge in [-0.25, -0.2) is 0 Å². The van der Waals surface area contributed by atoms with Crippen LogP contribution < -0.4 is 11.1 Å². The van der Waals surface area contributed by atoms with Crippen molar-refractivity contribution in [3.05, 3.63) is 23.6 Å². The highest BCUT2D eigenvalue weighted by molar-refractivity contribution is 5.74. The van der Waals surface area contributed by atoms with E-state index in [0.717, 1.165) is 29.9 Å². The fourth-order valence-electron chi connectivity index (χ4n) is 3.44. The summed E-state index contributed by atoms with van der Waals surface area (Å²) in [6.45, 7) is 5.72. The third-order valence-corrected chi connectivity index (χ3v) is 5.10. The lowest BCUT2D eigenvalue weighted by atomic mass is 9.86. The highest BCUT2D eigenvalue weighted by Gasteiger charge is 2.35. The van der Waals surface area contributed by atoms with Crippen LogP contribution in [0, 0.1) is 0 Å². The molecule has 2 aliphatic carbocycles. The Morgan fingerprint density at radius 1 is 1.44 bits per heavy atom. The lowest BCUT2D eigenvalue weighted by Crippen LogP contribution is -2.56. The molecule has 1 saturated carbocycles. The largest absolute Gasteiger partial charge is 0.369 e. The van der Waals surface area contributed by atoms with E-state index in [2.05, 4.69) is 30.4 Å². The van der Waals surface area contributed by atoms with Crippen LogP contribution in [0.4, 0.5) is 0 Å². The summed E-state index contributed by atoms with van der Waals surface area (Å²) in [6.07, 6.45) is 6.80. The second-order valence-electron chi connectivity index (χ2n) is 7.21. The Bertz CT molecular complexity index is 632. The number of nitrogens with two attached hydrogens (primary N) is 1. The molecule has 0 aliphatic heterocycles. The van der Waals surface area contributed by atoms with E-state index in [1.165, 1.54) is 19.8 Å². The Morgan fingerprint density at radius 2 is 2.16 bits per heavy atom. The highest BCUT2D eigenvalue weighted by Crippen LogP contribution is 2.41. The Morgan fingerprint density at radius 3 is 2.76 bits per heavy atom. The van der Waals surface area contributed by atoms with Crippen LogP contribution in [0.1, 0.15) is 70.2 Å². The van der Waals surface area contributed by atoms with Crippen molar-refractivity contribution in [3.63, 3.8) is 0 Å². The molecule has 2 aliphatic rings. The van der Waals surface area contributed by atoms with Gasteiger partial charge in [-0.2, -0.15) is 0 Å². The summed E-state index contributed by atoms with van der Waals surface area (Å²) in [6, 6.07) is 1.59. The van der Waals surface area contributed by atoms with Crippen LogP contribution >= 0.6 is 0 Å². The average molecular weight is 347 g/mol. The number of hydrogen-bond donors (Lipinski definition) is 2. The van der Waals surface area contributed by atoms with Crippen LogP contribution in [0.5, 0.6) is 0 Å². The first-order chi connectivity index (χ1) is 12.0. The number of aromatic nitrogens is 1. The second-order valence-corrected chi connectivity index (χ2v) is 7.21. The molecule has 1 aromatic heterocycles. The normalized spacial score (nSPS) is 26.6. The molecular formula is C19H29N3O3. The lowest BCUT2D eigenvalue weighted by molar-refractivity contribution is -0.121. The minimum Gasteiger partial charge on any atom is -0.369 e.